The molecule has 0 saturated carbocycles. The second-order valence-electron chi connectivity index (χ2n) is 8.33. The molecule has 31 heavy (non-hydrogen) atoms. The number of anilines is 2. The Morgan fingerprint density at radius 3 is 2.39 bits per heavy atom. The number of hydrogen-bond acceptors (Lipinski definition) is 2. The second kappa shape index (κ2) is 7.88. The first-order valence-corrected chi connectivity index (χ1v) is 10.8. The molecule has 2 atom stereocenters. The van der Waals surface area contributed by atoms with Crippen molar-refractivity contribution in [1.29, 1.82) is 0 Å². The van der Waals surface area contributed by atoms with Gasteiger partial charge in [-0.05, 0) is 30.0 Å². The van der Waals surface area contributed by atoms with Crippen molar-refractivity contribution in [2.45, 2.75) is 19.4 Å². The van der Waals surface area contributed by atoms with E-state index in [1.54, 1.807) is 0 Å². The largest absolute Gasteiger partial charge is 0.315 e. The van der Waals surface area contributed by atoms with E-state index in [0.717, 1.165) is 16.9 Å². The number of pyridine rings is 1. The minimum atomic E-state index is -0.267. The maximum atomic E-state index is 4.94. The third-order valence-corrected chi connectivity index (χ3v) is 6.44. The highest BCUT2D eigenvalue weighted by atomic mass is 15.3. The van der Waals surface area contributed by atoms with Crippen molar-refractivity contribution >= 4 is 22.3 Å². The average molecular weight is 403 g/mol. The zero-order chi connectivity index (χ0) is 21.3. The van der Waals surface area contributed by atoms with Gasteiger partial charge in [0.1, 0.15) is 5.82 Å². The summed E-state index contributed by atoms with van der Waals surface area (Å²) in [6.07, 6.45) is 10.8. The van der Waals surface area contributed by atoms with Crippen LogP contribution in [0.3, 0.4) is 0 Å². The number of para-hydroxylation sites is 1. The minimum Gasteiger partial charge on any atom is -0.315 e. The Hall–Kier alpha value is -3.65. The highest BCUT2D eigenvalue weighted by molar-refractivity contribution is 5.96. The van der Waals surface area contributed by atoms with Crippen LogP contribution < -0.4 is 4.90 Å². The summed E-state index contributed by atoms with van der Waals surface area (Å²) in [4.78, 5) is 7.37. The molecule has 3 aromatic carbocycles. The number of allylic oxidation sites excluding steroid dienone is 2. The summed E-state index contributed by atoms with van der Waals surface area (Å²) in [5.74, 6) is 1.29. The Bertz CT molecular complexity index is 1270. The summed E-state index contributed by atoms with van der Waals surface area (Å²) >= 11 is 0. The molecule has 0 amide bonds. The summed E-state index contributed by atoms with van der Waals surface area (Å²) in [7, 11) is 0. The molecule has 1 aliphatic carbocycles. The normalized spacial score (nSPS) is 20.1. The zero-order valence-electron chi connectivity index (χ0n) is 17.9. The van der Waals surface area contributed by atoms with E-state index in [1.165, 1.54) is 16.5 Å². The van der Waals surface area contributed by atoms with Crippen LogP contribution in [0.15, 0.2) is 115 Å². The number of fused-ring (bicyclic) bond motifs is 1. The van der Waals surface area contributed by atoms with Gasteiger partial charge in [0.2, 0.25) is 0 Å². The van der Waals surface area contributed by atoms with E-state index in [-0.39, 0.29) is 5.54 Å². The predicted molar refractivity (Wildman–Crippen MR) is 132 cm³/mol. The molecule has 2 heteroatoms. The third kappa shape index (κ3) is 3.34. The van der Waals surface area contributed by atoms with E-state index < -0.39 is 0 Å². The van der Waals surface area contributed by atoms with E-state index in [2.05, 4.69) is 128 Å². The molecule has 0 N–H and O–H groups in total. The topological polar surface area (TPSA) is 16.1 Å². The van der Waals surface area contributed by atoms with E-state index in [9.17, 15) is 0 Å². The number of rotatable bonds is 4. The lowest BCUT2D eigenvalue weighted by Gasteiger charge is -2.45. The molecule has 0 bridgehead atoms. The highest BCUT2D eigenvalue weighted by Crippen LogP contribution is 2.45. The Labute approximate surface area is 184 Å². The van der Waals surface area contributed by atoms with Crippen LogP contribution in [-0.4, -0.2) is 10.5 Å². The Morgan fingerprint density at radius 2 is 1.55 bits per heavy atom. The molecule has 0 spiro atoms. The molecule has 0 saturated heterocycles. The van der Waals surface area contributed by atoms with Crippen molar-refractivity contribution in [1.82, 2.24) is 4.98 Å². The lowest BCUT2D eigenvalue weighted by molar-refractivity contribution is 0.444. The number of nitrogens with zero attached hydrogens (tertiary/aromatic N) is 2. The molecule has 1 heterocycles. The molecule has 1 aliphatic rings. The van der Waals surface area contributed by atoms with Crippen LogP contribution in [0.5, 0.6) is 0 Å². The number of hydrogen-bond donors (Lipinski definition) is 0. The first-order valence-electron chi connectivity index (χ1n) is 10.8. The van der Waals surface area contributed by atoms with Gasteiger partial charge in [0.15, 0.2) is 0 Å². The van der Waals surface area contributed by atoms with Crippen LogP contribution >= 0.6 is 0 Å². The van der Waals surface area contributed by atoms with Gasteiger partial charge >= 0.3 is 0 Å². The van der Waals surface area contributed by atoms with Gasteiger partial charge in [-0.3, -0.25) is 0 Å². The van der Waals surface area contributed by atoms with Crippen LogP contribution in [0.2, 0.25) is 0 Å². The van der Waals surface area contributed by atoms with E-state index in [4.69, 9.17) is 4.98 Å². The molecule has 4 aromatic rings. The van der Waals surface area contributed by atoms with E-state index in [1.807, 2.05) is 6.20 Å². The van der Waals surface area contributed by atoms with Crippen LogP contribution in [0.4, 0.5) is 11.5 Å². The summed E-state index contributed by atoms with van der Waals surface area (Å²) in [5.41, 5.74) is 3.30. The van der Waals surface area contributed by atoms with Crippen molar-refractivity contribution in [3.63, 3.8) is 0 Å². The van der Waals surface area contributed by atoms with Gasteiger partial charge in [-0.2, -0.15) is 0 Å². The Morgan fingerprint density at radius 1 is 0.806 bits per heavy atom. The SMILES string of the molecule is CC1C=CC=CC1(C)N(c1ccccc1-c1ccccc1)c1nccc2ccccc12. The fraction of sp³-hybridized carbons (Fsp3) is 0.138. The highest BCUT2D eigenvalue weighted by Gasteiger charge is 2.38. The molecular formula is C29H26N2. The molecular weight excluding hydrogens is 376 g/mol. The fourth-order valence-electron chi connectivity index (χ4n) is 4.52. The quantitative estimate of drug-likeness (QED) is 0.350. The molecule has 152 valence electrons. The molecule has 2 unspecified atom stereocenters. The molecule has 0 aliphatic heterocycles. The maximum absolute atomic E-state index is 4.94. The molecule has 0 fully saturated rings. The summed E-state index contributed by atoms with van der Waals surface area (Å²) in [6, 6.07) is 29.9. The minimum absolute atomic E-state index is 0.267. The number of aromatic nitrogens is 1. The third-order valence-electron chi connectivity index (χ3n) is 6.44. The monoisotopic (exact) mass is 402 g/mol. The van der Waals surface area contributed by atoms with Gasteiger partial charge in [-0.1, -0.05) is 104 Å². The first-order chi connectivity index (χ1) is 15.2. The van der Waals surface area contributed by atoms with Crippen LogP contribution in [0, 0.1) is 5.92 Å². The first kappa shape index (κ1) is 19.3. The average Bonchev–Trinajstić information content (AvgIpc) is 2.82. The van der Waals surface area contributed by atoms with Crippen molar-refractivity contribution in [3.05, 3.63) is 115 Å². The van der Waals surface area contributed by atoms with Crippen molar-refractivity contribution in [2.75, 3.05) is 4.90 Å². The summed E-state index contributed by atoms with van der Waals surface area (Å²) in [6.45, 7) is 4.59. The van der Waals surface area contributed by atoms with Gasteiger partial charge in [-0.25, -0.2) is 4.98 Å². The lowest BCUT2D eigenvalue weighted by atomic mass is 9.80. The molecule has 5 rings (SSSR count). The van der Waals surface area contributed by atoms with Gasteiger partial charge in [0.25, 0.3) is 0 Å². The molecule has 0 radical (unpaired) electrons. The lowest BCUT2D eigenvalue weighted by Crippen LogP contribution is -2.48. The summed E-state index contributed by atoms with van der Waals surface area (Å²) < 4.78 is 0. The second-order valence-corrected chi connectivity index (χ2v) is 8.33. The van der Waals surface area contributed by atoms with E-state index >= 15 is 0 Å². The van der Waals surface area contributed by atoms with Crippen molar-refractivity contribution in [3.8, 4) is 11.1 Å². The van der Waals surface area contributed by atoms with Gasteiger partial charge in [0, 0.05) is 23.1 Å². The summed E-state index contributed by atoms with van der Waals surface area (Å²) in [5, 5.41) is 2.35. The number of benzene rings is 3. The smallest absolute Gasteiger partial charge is 0.141 e. The van der Waals surface area contributed by atoms with Gasteiger partial charge < -0.3 is 4.90 Å². The van der Waals surface area contributed by atoms with Gasteiger partial charge in [0.05, 0.1) is 11.2 Å². The fourth-order valence-corrected chi connectivity index (χ4v) is 4.52. The van der Waals surface area contributed by atoms with Crippen LogP contribution in [0.1, 0.15) is 13.8 Å². The van der Waals surface area contributed by atoms with Gasteiger partial charge in [-0.15, -0.1) is 0 Å². The molecule has 2 nitrogen and oxygen atoms in total. The maximum Gasteiger partial charge on any atom is 0.141 e. The molecule has 1 aromatic heterocycles. The standard InChI is InChI=1S/C29H26N2/c1-22-12-10-11-20-29(22,2)31(28-26-17-7-6-15-24(26)19-21-30-28)27-18-9-8-16-25(27)23-13-4-3-5-14-23/h3-22H,1-2H3. The zero-order valence-corrected chi connectivity index (χ0v) is 17.9. The van der Waals surface area contributed by atoms with E-state index in [0.29, 0.717) is 5.92 Å². The van der Waals surface area contributed by atoms with Crippen molar-refractivity contribution in [2.24, 2.45) is 5.92 Å². The van der Waals surface area contributed by atoms with Crippen LogP contribution in [0.25, 0.3) is 21.9 Å². The van der Waals surface area contributed by atoms with Crippen molar-refractivity contribution < 1.29 is 0 Å². The Kier molecular flexibility index (Phi) is 4.91. The van der Waals surface area contributed by atoms with Crippen LogP contribution in [-0.2, 0) is 0 Å². The predicted octanol–water partition coefficient (Wildman–Crippen LogP) is 7.56. The Balaban J connectivity index is 1.82.